The lowest BCUT2D eigenvalue weighted by Gasteiger charge is -2.38. The highest BCUT2D eigenvalue weighted by Gasteiger charge is 2.49. The van der Waals surface area contributed by atoms with Gasteiger partial charge in [0.25, 0.3) is 10.0 Å². The maximum Gasteiger partial charge on any atom is 0.261 e. The second-order valence-electron chi connectivity index (χ2n) is 8.85. The fourth-order valence-corrected chi connectivity index (χ4v) is 5.58. The van der Waals surface area contributed by atoms with Crippen molar-refractivity contribution in [3.63, 3.8) is 0 Å². The number of nitrogens with zero attached hydrogens (tertiary/aromatic N) is 2. The number of benzene rings is 2. The molecule has 176 valence electrons. The Kier molecular flexibility index (Phi) is 5.83. The van der Waals surface area contributed by atoms with Crippen molar-refractivity contribution in [2.75, 3.05) is 22.7 Å². The predicted octanol–water partition coefficient (Wildman–Crippen LogP) is 4.52. The molecule has 1 spiro atoms. The summed E-state index contributed by atoms with van der Waals surface area (Å²) in [5.74, 6) is -0.353. The molecule has 2 heterocycles. The number of rotatable bonds is 6. The van der Waals surface area contributed by atoms with E-state index in [2.05, 4.69) is 21.5 Å². The number of pyridine rings is 1. The molecule has 1 aromatic heterocycles. The third-order valence-electron chi connectivity index (χ3n) is 6.14. The zero-order chi connectivity index (χ0) is 23.9. The molecule has 0 radical (unpaired) electrons. The molecule has 5 rings (SSSR count). The van der Waals surface area contributed by atoms with Gasteiger partial charge in [0, 0.05) is 47.3 Å². The molecule has 3 aromatic rings. The molecule has 2 fully saturated rings. The number of hydrogen-bond donors (Lipinski definition) is 1. The Morgan fingerprint density at radius 2 is 1.82 bits per heavy atom. The summed E-state index contributed by atoms with van der Waals surface area (Å²) in [4.78, 5) is 19.3. The highest BCUT2D eigenvalue weighted by atomic mass is 35.5. The van der Waals surface area contributed by atoms with Gasteiger partial charge in [-0.15, -0.1) is 0 Å². The van der Waals surface area contributed by atoms with Crippen molar-refractivity contribution in [3.8, 4) is 0 Å². The monoisotopic (exact) mass is 497 g/mol. The van der Waals surface area contributed by atoms with Crippen molar-refractivity contribution in [1.82, 2.24) is 4.98 Å². The molecule has 1 aliphatic carbocycles. The van der Waals surface area contributed by atoms with Gasteiger partial charge in [-0.25, -0.2) is 8.42 Å². The first kappa shape index (κ1) is 22.8. The summed E-state index contributed by atoms with van der Waals surface area (Å²) in [5, 5.41) is 0.331. The number of halogens is 1. The lowest BCUT2D eigenvalue weighted by atomic mass is 10.0. The van der Waals surface area contributed by atoms with Crippen LogP contribution in [0.4, 0.5) is 11.4 Å². The summed E-state index contributed by atoms with van der Waals surface area (Å²) in [5.41, 5.74) is 1.62. The van der Waals surface area contributed by atoms with E-state index in [1.54, 1.807) is 30.3 Å². The van der Waals surface area contributed by atoms with Crippen molar-refractivity contribution >= 4 is 38.8 Å². The van der Waals surface area contributed by atoms with Crippen LogP contribution in [-0.2, 0) is 14.8 Å². The average Bonchev–Trinajstić information content (AvgIpc) is 3.57. The molecular weight excluding hydrogens is 474 g/mol. The van der Waals surface area contributed by atoms with Crippen molar-refractivity contribution in [1.29, 1.82) is 0 Å². The second-order valence-corrected chi connectivity index (χ2v) is 11.0. The van der Waals surface area contributed by atoms with Gasteiger partial charge in [0.2, 0.25) is 0 Å². The average molecular weight is 498 g/mol. The van der Waals surface area contributed by atoms with Crippen molar-refractivity contribution in [2.24, 2.45) is 0 Å². The predicted molar refractivity (Wildman–Crippen MR) is 131 cm³/mol. The fourth-order valence-electron chi connectivity index (χ4n) is 4.33. The number of sulfonamides is 1. The van der Waals surface area contributed by atoms with E-state index in [0.29, 0.717) is 10.6 Å². The Balaban J connectivity index is 1.38. The number of aromatic nitrogens is 1. The van der Waals surface area contributed by atoms with Crippen LogP contribution in [0, 0.1) is 0 Å². The molecule has 0 bridgehead atoms. The quantitative estimate of drug-likeness (QED) is 0.503. The molecule has 2 aliphatic rings. The third kappa shape index (κ3) is 4.66. The number of morpholine rings is 1. The van der Waals surface area contributed by atoms with Crippen LogP contribution in [0.1, 0.15) is 35.7 Å². The zero-order valence-corrected chi connectivity index (χ0v) is 20.1. The van der Waals surface area contributed by atoms with Crippen LogP contribution in [0.5, 0.6) is 0 Å². The number of hydrogen-bond acceptors (Lipinski definition) is 6. The molecule has 1 saturated heterocycles. The van der Waals surface area contributed by atoms with Gasteiger partial charge in [-0.3, -0.25) is 14.5 Å². The highest BCUT2D eigenvalue weighted by molar-refractivity contribution is 7.92. The molecule has 2 aromatic carbocycles. The smallest absolute Gasteiger partial charge is 0.261 e. The van der Waals surface area contributed by atoms with E-state index in [-0.39, 0.29) is 33.6 Å². The molecule has 9 heteroatoms. The number of carbonyl (C=O) groups is 1. The van der Waals surface area contributed by atoms with Crippen LogP contribution in [0.3, 0.4) is 0 Å². The van der Waals surface area contributed by atoms with Gasteiger partial charge < -0.3 is 9.64 Å². The maximum absolute atomic E-state index is 13.2. The molecular formula is C25H24ClN3O4S. The normalized spacial score (nSPS) is 19.1. The van der Waals surface area contributed by atoms with E-state index >= 15 is 0 Å². The van der Waals surface area contributed by atoms with Crippen LogP contribution < -0.4 is 9.62 Å². The molecule has 1 atom stereocenters. The maximum atomic E-state index is 13.2. The number of carbonyl (C=O) groups excluding carboxylic acids is 1. The Labute approximate surface area is 203 Å². The number of anilines is 2. The lowest BCUT2D eigenvalue weighted by Crippen LogP contribution is -2.48. The van der Waals surface area contributed by atoms with Crippen molar-refractivity contribution in [3.05, 3.63) is 83.1 Å². The number of ketones is 1. The number of nitrogens with one attached hydrogen (secondary N) is 1. The minimum absolute atomic E-state index is 0.0453. The fraction of sp³-hybridized carbons (Fsp3) is 0.280. The Morgan fingerprint density at radius 3 is 2.50 bits per heavy atom. The molecule has 1 aliphatic heterocycles. The summed E-state index contributed by atoms with van der Waals surface area (Å²) >= 11 is 6.11. The number of ether oxygens (including phenoxy) is 1. The first-order valence-electron chi connectivity index (χ1n) is 11.0. The highest BCUT2D eigenvalue weighted by Crippen LogP contribution is 2.44. The van der Waals surface area contributed by atoms with Gasteiger partial charge in [-0.1, -0.05) is 11.6 Å². The van der Waals surface area contributed by atoms with Gasteiger partial charge in [-0.05, 0) is 74.4 Å². The van der Waals surface area contributed by atoms with Gasteiger partial charge in [0.1, 0.15) is 0 Å². The molecule has 1 N–H and O–H groups in total. The third-order valence-corrected chi connectivity index (χ3v) is 7.76. The van der Waals surface area contributed by atoms with Gasteiger partial charge in [0.15, 0.2) is 5.78 Å². The zero-order valence-electron chi connectivity index (χ0n) is 18.6. The van der Waals surface area contributed by atoms with Crippen LogP contribution >= 0.6 is 11.6 Å². The Bertz CT molecular complexity index is 1330. The summed E-state index contributed by atoms with van der Waals surface area (Å²) in [6, 6.07) is 14.4. The van der Waals surface area contributed by atoms with E-state index in [1.165, 1.54) is 24.5 Å². The van der Waals surface area contributed by atoms with Crippen LogP contribution in [-0.4, -0.2) is 44.0 Å². The van der Waals surface area contributed by atoms with E-state index in [1.807, 2.05) is 12.1 Å². The van der Waals surface area contributed by atoms with E-state index in [0.717, 1.165) is 31.6 Å². The van der Waals surface area contributed by atoms with Crippen LogP contribution in [0.25, 0.3) is 0 Å². The van der Waals surface area contributed by atoms with Crippen molar-refractivity contribution < 1.29 is 17.9 Å². The molecule has 0 amide bonds. The lowest BCUT2D eigenvalue weighted by molar-refractivity contribution is -0.0337. The minimum Gasteiger partial charge on any atom is -0.368 e. The minimum atomic E-state index is -3.93. The second kappa shape index (κ2) is 8.69. The van der Waals surface area contributed by atoms with Gasteiger partial charge >= 0.3 is 0 Å². The Hall–Kier alpha value is -2.94. The van der Waals surface area contributed by atoms with Crippen molar-refractivity contribution in [2.45, 2.75) is 36.4 Å². The summed E-state index contributed by atoms with van der Waals surface area (Å²) in [6.45, 7) is 3.64. The standard InChI is InChI=1S/C25H24ClN3O4S/c1-17-15-29(16-25(33-17)10-11-25)20-3-5-21(6-4-20)34(31,32)28-23-7-2-19(26)14-22(23)24(30)18-8-12-27-13-9-18/h2-9,12-14,17,28H,10-11,15-16H2,1H3/t17-/m0/s1. The van der Waals surface area contributed by atoms with E-state index in [9.17, 15) is 13.2 Å². The first-order valence-corrected chi connectivity index (χ1v) is 12.9. The van der Waals surface area contributed by atoms with E-state index in [4.69, 9.17) is 16.3 Å². The molecule has 34 heavy (non-hydrogen) atoms. The summed E-state index contributed by atoms with van der Waals surface area (Å²) in [7, 11) is -3.93. The first-order chi connectivity index (χ1) is 16.2. The van der Waals surface area contributed by atoms with Crippen LogP contribution in [0.15, 0.2) is 71.9 Å². The SMILES string of the molecule is C[C@H]1CN(c2ccc(S(=O)(=O)Nc3ccc(Cl)cc3C(=O)c3ccncc3)cc2)CC2(CC2)O1. The van der Waals surface area contributed by atoms with Crippen LogP contribution in [0.2, 0.25) is 5.02 Å². The largest absolute Gasteiger partial charge is 0.368 e. The Morgan fingerprint density at radius 1 is 1.12 bits per heavy atom. The van der Waals surface area contributed by atoms with E-state index < -0.39 is 10.0 Å². The summed E-state index contributed by atoms with van der Waals surface area (Å²) in [6.07, 6.45) is 5.26. The molecule has 1 saturated carbocycles. The summed E-state index contributed by atoms with van der Waals surface area (Å²) < 4.78 is 34.9. The van der Waals surface area contributed by atoms with Gasteiger partial charge in [-0.2, -0.15) is 0 Å². The van der Waals surface area contributed by atoms with Gasteiger partial charge in [0.05, 0.1) is 22.3 Å². The molecule has 0 unspecified atom stereocenters. The topological polar surface area (TPSA) is 88.6 Å². The molecule has 7 nitrogen and oxygen atoms in total.